The fraction of sp³-hybridized carbons (Fsp3) is 0.321. The van der Waals surface area contributed by atoms with Crippen molar-refractivity contribution >= 4 is 22.5 Å². The van der Waals surface area contributed by atoms with Gasteiger partial charge in [0, 0.05) is 49.2 Å². The van der Waals surface area contributed by atoms with E-state index in [1.807, 2.05) is 24.0 Å². The third-order valence-electron chi connectivity index (χ3n) is 7.13. The molecule has 1 aliphatic carbocycles. The van der Waals surface area contributed by atoms with Gasteiger partial charge in [0.1, 0.15) is 11.3 Å². The van der Waals surface area contributed by atoms with Crippen LogP contribution in [0.25, 0.3) is 16.6 Å². The number of aryl methyl sites for hydroxylation is 2. The number of carbonyl (C=O) groups excluding carboxylic acids is 1. The molecular formula is C28H28FN5O. The molecule has 0 atom stereocenters. The molecule has 0 spiro atoms. The summed E-state index contributed by atoms with van der Waals surface area (Å²) in [4.78, 5) is 24.4. The summed E-state index contributed by atoms with van der Waals surface area (Å²) in [6.45, 7) is 10.2. The number of carbonyl (C=O) groups is 1. The minimum Gasteiger partial charge on any atom is -0.348 e. The first-order valence-corrected chi connectivity index (χ1v) is 12.1. The highest BCUT2D eigenvalue weighted by Gasteiger charge is 2.26. The number of nitrogens with zero attached hydrogens (tertiary/aromatic N) is 5. The van der Waals surface area contributed by atoms with Crippen LogP contribution in [-0.4, -0.2) is 36.5 Å². The van der Waals surface area contributed by atoms with Crippen LogP contribution in [0.2, 0.25) is 0 Å². The zero-order valence-corrected chi connectivity index (χ0v) is 20.5. The van der Waals surface area contributed by atoms with Gasteiger partial charge in [-0.05, 0) is 68.7 Å². The third kappa shape index (κ3) is 3.49. The largest absolute Gasteiger partial charge is 0.348 e. The minimum absolute atomic E-state index is 0.0215. The average Bonchev–Trinajstić information content (AvgIpc) is 3.50. The lowest BCUT2D eigenvalue weighted by Crippen LogP contribution is -2.38. The van der Waals surface area contributed by atoms with E-state index in [-0.39, 0.29) is 17.8 Å². The number of rotatable bonds is 3. The number of fused-ring (bicyclic) bond motifs is 3. The standard InChI is InChI=1S/C28H28FN5O/c1-16(2)34-18(4)31-27-24(29)11-19(12-26(27)34)22-5-6-25-23(22)10-20(13-30-25)28(35)33-8-7-32-14-17(3)9-21(32)15-33/h5,9-14,16H,6-8,15H2,1-4H3. The van der Waals surface area contributed by atoms with Crippen molar-refractivity contribution in [1.29, 1.82) is 0 Å². The molecule has 0 unspecified atom stereocenters. The summed E-state index contributed by atoms with van der Waals surface area (Å²) < 4.78 is 19.4. The molecule has 1 aromatic carbocycles. The highest BCUT2D eigenvalue weighted by molar-refractivity contribution is 5.97. The zero-order valence-electron chi connectivity index (χ0n) is 20.5. The van der Waals surface area contributed by atoms with Crippen LogP contribution in [0.1, 0.15) is 64.1 Å². The SMILES string of the molecule is Cc1cc2n(c1)CCN(C(=O)c1cnc3c(c1)C(c1cc(F)c4nc(C)n(C(C)C)c4c1)=CC3)C2. The van der Waals surface area contributed by atoms with Gasteiger partial charge in [-0.2, -0.15) is 0 Å². The molecule has 2 aliphatic rings. The smallest absolute Gasteiger partial charge is 0.255 e. The molecule has 6 rings (SSSR count). The molecule has 1 amide bonds. The molecule has 3 aromatic heterocycles. The monoisotopic (exact) mass is 469 g/mol. The van der Waals surface area contributed by atoms with Crippen LogP contribution in [0, 0.1) is 19.7 Å². The first kappa shape index (κ1) is 21.8. The lowest BCUT2D eigenvalue weighted by atomic mass is 9.99. The maximum absolute atomic E-state index is 15.1. The van der Waals surface area contributed by atoms with Crippen molar-refractivity contribution in [3.05, 3.63) is 88.0 Å². The van der Waals surface area contributed by atoms with Crippen molar-refractivity contribution in [2.24, 2.45) is 0 Å². The Bertz CT molecular complexity index is 1540. The van der Waals surface area contributed by atoms with Gasteiger partial charge in [-0.25, -0.2) is 9.37 Å². The molecule has 7 heteroatoms. The predicted molar refractivity (Wildman–Crippen MR) is 134 cm³/mol. The lowest BCUT2D eigenvalue weighted by Gasteiger charge is -2.28. The fourth-order valence-electron chi connectivity index (χ4n) is 5.58. The molecule has 0 bridgehead atoms. The van der Waals surface area contributed by atoms with E-state index in [4.69, 9.17) is 0 Å². The number of aromatic nitrogens is 4. The number of hydrogen-bond acceptors (Lipinski definition) is 3. The van der Waals surface area contributed by atoms with Gasteiger partial charge in [-0.1, -0.05) is 6.08 Å². The Labute approximate surface area is 203 Å². The summed E-state index contributed by atoms with van der Waals surface area (Å²) >= 11 is 0. The van der Waals surface area contributed by atoms with Crippen LogP contribution in [0.4, 0.5) is 4.39 Å². The molecule has 35 heavy (non-hydrogen) atoms. The highest BCUT2D eigenvalue weighted by atomic mass is 19.1. The molecule has 1 aliphatic heterocycles. The van der Waals surface area contributed by atoms with Gasteiger partial charge >= 0.3 is 0 Å². The fourth-order valence-corrected chi connectivity index (χ4v) is 5.58. The van der Waals surface area contributed by atoms with E-state index >= 15 is 4.39 Å². The van der Waals surface area contributed by atoms with Gasteiger partial charge in [0.2, 0.25) is 0 Å². The molecule has 0 N–H and O–H groups in total. The number of imidazole rings is 1. The van der Waals surface area contributed by atoms with Gasteiger partial charge in [-0.3, -0.25) is 9.78 Å². The summed E-state index contributed by atoms with van der Waals surface area (Å²) in [7, 11) is 0. The van der Waals surface area contributed by atoms with Crippen LogP contribution >= 0.6 is 0 Å². The maximum atomic E-state index is 15.1. The van der Waals surface area contributed by atoms with Gasteiger partial charge in [0.25, 0.3) is 5.91 Å². The second kappa shape index (κ2) is 7.90. The topological polar surface area (TPSA) is 56.0 Å². The summed E-state index contributed by atoms with van der Waals surface area (Å²) in [6, 6.07) is 7.79. The van der Waals surface area contributed by atoms with Crippen LogP contribution in [-0.2, 0) is 19.5 Å². The van der Waals surface area contributed by atoms with Crippen LogP contribution in [0.5, 0.6) is 0 Å². The summed E-state index contributed by atoms with van der Waals surface area (Å²) in [5.74, 6) is 0.442. The van der Waals surface area contributed by atoms with E-state index in [2.05, 4.69) is 58.2 Å². The molecule has 4 heterocycles. The Balaban J connectivity index is 1.36. The predicted octanol–water partition coefficient (Wildman–Crippen LogP) is 5.21. The van der Waals surface area contributed by atoms with E-state index in [9.17, 15) is 4.79 Å². The van der Waals surface area contributed by atoms with Crippen molar-refractivity contribution in [2.45, 2.75) is 53.2 Å². The van der Waals surface area contributed by atoms with E-state index in [0.717, 1.165) is 46.0 Å². The first-order valence-electron chi connectivity index (χ1n) is 12.1. The van der Waals surface area contributed by atoms with Crippen molar-refractivity contribution in [1.82, 2.24) is 24.0 Å². The van der Waals surface area contributed by atoms with E-state index in [0.29, 0.717) is 30.6 Å². The zero-order chi connectivity index (χ0) is 24.4. The third-order valence-corrected chi connectivity index (χ3v) is 7.13. The molecule has 6 nitrogen and oxygen atoms in total. The summed E-state index contributed by atoms with van der Waals surface area (Å²) in [5, 5.41) is 0. The minimum atomic E-state index is -0.332. The Morgan fingerprint density at radius 3 is 2.74 bits per heavy atom. The molecule has 4 aromatic rings. The Morgan fingerprint density at radius 2 is 1.94 bits per heavy atom. The summed E-state index contributed by atoms with van der Waals surface area (Å²) in [6.07, 6.45) is 6.55. The second-order valence-corrected chi connectivity index (χ2v) is 9.92. The Kier molecular flexibility index (Phi) is 4.91. The second-order valence-electron chi connectivity index (χ2n) is 9.92. The molecule has 178 valence electrons. The number of pyridine rings is 1. The average molecular weight is 470 g/mol. The number of benzene rings is 1. The quantitative estimate of drug-likeness (QED) is 0.414. The Hall–Kier alpha value is -3.74. The molecular weight excluding hydrogens is 441 g/mol. The Morgan fingerprint density at radius 1 is 1.11 bits per heavy atom. The molecule has 0 saturated heterocycles. The number of allylic oxidation sites excluding steroid dienone is 1. The van der Waals surface area contributed by atoms with Crippen molar-refractivity contribution in [3.8, 4) is 0 Å². The van der Waals surface area contributed by atoms with Crippen molar-refractivity contribution in [2.75, 3.05) is 6.54 Å². The van der Waals surface area contributed by atoms with E-state index in [1.54, 1.807) is 12.3 Å². The normalized spacial score (nSPS) is 15.0. The van der Waals surface area contributed by atoms with Gasteiger partial charge in [-0.15, -0.1) is 0 Å². The maximum Gasteiger partial charge on any atom is 0.255 e. The number of halogens is 1. The molecule has 0 radical (unpaired) electrons. The van der Waals surface area contributed by atoms with Crippen LogP contribution in [0.3, 0.4) is 0 Å². The summed E-state index contributed by atoms with van der Waals surface area (Å²) in [5.41, 5.74) is 7.62. The van der Waals surface area contributed by atoms with Gasteiger partial charge in [0.05, 0.1) is 23.3 Å². The van der Waals surface area contributed by atoms with Gasteiger partial charge in [0.15, 0.2) is 5.82 Å². The molecule has 0 saturated carbocycles. The van der Waals surface area contributed by atoms with E-state index in [1.165, 1.54) is 5.56 Å². The highest BCUT2D eigenvalue weighted by Crippen LogP contribution is 2.35. The lowest BCUT2D eigenvalue weighted by molar-refractivity contribution is 0.0710. The number of amides is 1. The van der Waals surface area contributed by atoms with Crippen LogP contribution in [0.15, 0.2) is 42.7 Å². The molecule has 0 fully saturated rings. The first-order chi connectivity index (χ1) is 16.8. The van der Waals surface area contributed by atoms with Crippen molar-refractivity contribution < 1.29 is 9.18 Å². The van der Waals surface area contributed by atoms with Crippen LogP contribution < -0.4 is 0 Å². The number of hydrogen-bond donors (Lipinski definition) is 0. The van der Waals surface area contributed by atoms with Gasteiger partial charge < -0.3 is 14.0 Å². The van der Waals surface area contributed by atoms with Crippen molar-refractivity contribution in [3.63, 3.8) is 0 Å². The van der Waals surface area contributed by atoms with E-state index < -0.39 is 0 Å².